The fraction of sp³-hybridized carbons (Fsp3) is 0.290. The van der Waals surface area contributed by atoms with Crippen LogP contribution in [0.15, 0.2) is 66.7 Å². The van der Waals surface area contributed by atoms with E-state index >= 15 is 0 Å². The van der Waals surface area contributed by atoms with E-state index in [1.54, 1.807) is 17.4 Å². The van der Waals surface area contributed by atoms with E-state index in [1.165, 1.54) is 4.88 Å². The summed E-state index contributed by atoms with van der Waals surface area (Å²) in [5.74, 6) is 0.180. The number of hydrogen-bond acceptors (Lipinski definition) is 3. The van der Waals surface area contributed by atoms with Gasteiger partial charge in [-0.1, -0.05) is 74.9 Å². The lowest BCUT2D eigenvalue weighted by Crippen LogP contribution is -2.27. The van der Waals surface area contributed by atoms with Gasteiger partial charge >= 0.3 is 0 Å². The molecular weight excluding hydrogens is 464 g/mol. The third-order valence-electron chi connectivity index (χ3n) is 7.26. The van der Waals surface area contributed by atoms with Crippen molar-refractivity contribution in [2.75, 3.05) is 10.6 Å². The number of aryl methyl sites for hydroxylation is 1. The van der Waals surface area contributed by atoms with Crippen LogP contribution in [-0.4, -0.2) is 11.8 Å². The summed E-state index contributed by atoms with van der Waals surface area (Å²) >= 11 is 1.56. The van der Waals surface area contributed by atoms with Gasteiger partial charge in [0, 0.05) is 21.5 Å². The molecule has 0 radical (unpaired) electrons. The van der Waals surface area contributed by atoms with Crippen LogP contribution in [0.25, 0.3) is 10.8 Å². The summed E-state index contributed by atoms with van der Waals surface area (Å²) in [7, 11) is 0. The van der Waals surface area contributed by atoms with E-state index in [4.69, 9.17) is 0 Å². The maximum atomic E-state index is 13.8. The fourth-order valence-electron chi connectivity index (χ4n) is 5.13. The molecule has 3 aromatic carbocycles. The molecule has 0 aliphatic heterocycles. The van der Waals surface area contributed by atoms with Gasteiger partial charge in [0.05, 0.1) is 5.56 Å². The van der Waals surface area contributed by atoms with Gasteiger partial charge in [0.2, 0.25) is 0 Å². The highest BCUT2D eigenvalue weighted by Crippen LogP contribution is 2.44. The highest BCUT2D eigenvalue weighted by Gasteiger charge is 2.34. The Morgan fingerprint density at radius 3 is 2.44 bits per heavy atom. The van der Waals surface area contributed by atoms with Crippen molar-refractivity contribution in [1.29, 1.82) is 0 Å². The topological polar surface area (TPSA) is 58.2 Å². The Labute approximate surface area is 216 Å². The number of hydrogen-bond donors (Lipinski definition) is 2. The van der Waals surface area contributed by atoms with E-state index in [1.807, 2.05) is 67.6 Å². The molecule has 5 rings (SSSR count). The predicted molar refractivity (Wildman–Crippen MR) is 150 cm³/mol. The maximum Gasteiger partial charge on any atom is 0.258 e. The first-order valence-corrected chi connectivity index (χ1v) is 13.3. The Bertz CT molecular complexity index is 1460. The Balaban J connectivity index is 1.52. The average molecular weight is 497 g/mol. The minimum atomic E-state index is -0.191. The highest BCUT2D eigenvalue weighted by atomic mass is 32.1. The normalized spacial score (nSPS) is 15.4. The predicted octanol–water partition coefficient (Wildman–Crippen LogP) is 7.87. The summed E-state index contributed by atoms with van der Waals surface area (Å²) in [6.45, 7) is 8.82. The Morgan fingerprint density at radius 1 is 0.917 bits per heavy atom. The molecule has 4 nitrogen and oxygen atoms in total. The smallest absolute Gasteiger partial charge is 0.258 e. The highest BCUT2D eigenvalue weighted by molar-refractivity contribution is 7.17. The summed E-state index contributed by atoms with van der Waals surface area (Å²) < 4.78 is 0. The van der Waals surface area contributed by atoms with Crippen molar-refractivity contribution >= 4 is 44.6 Å². The summed E-state index contributed by atoms with van der Waals surface area (Å²) in [4.78, 5) is 28.2. The first-order valence-electron chi connectivity index (χ1n) is 12.5. The van der Waals surface area contributed by atoms with Gasteiger partial charge < -0.3 is 10.6 Å². The number of anilines is 2. The van der Waals surface area contributed by atoms with Crippen LogP contribution >= 0.6 is 11.3 Å². The quantitative estimate of drug-likeness (QED) is 0.302. The first-order chi connectivity index (χ1) is 17.2. The van der Waals surface area contributed by atoms with Crippen molar-refractivity contribution in [1.82, 2.24) is 0 Å². The van der Waals surface area contributed by atoms with Crippen molar-refractivity contribution in [2.24, 2.45) is 11.3 Å². The third-order valence-corrected chi connectivity index (χ3v) is 8.43. The zero-order chi connectivity index (χ0) is 25.4. The molecule has 0 bridgehead atoms. The first kappa shape index (κ1) is 24.3. The number of benzene rings is 3. The average Bonchev–Trinajstić information content (AvgIpc) is 3.21. The molecule has 1 unspecified atom stereocenters. The number of thiophene rings is 1. The molecule has 0 saturated carbocycles. The van der Waals surface area contributed by atoms with Crippen LogP contribution in [0.4, 0.5) is 10.7 Å². The van der Waals surface area contributed by atoms with Crippen LogP contribution in [0, 0.1) is 18.3 Å². The number of carbonyl (C=O) groups is 2. The molecule has 2 amide bonds. The summed E-state index contributed by atoms with van der Waals surface area (Å²) in [5, 5.41) is 8.95. The molecule has 36 heavy (non-hydrogen) atoms. The largest absolute Gasteiger partial charge is 0.321 e. The molecule has 1 aliphatic carbocycles. The lowest BCUT2D eigenvalue weighted by atomic mass is 9.72. The van der Waals surface area contributed by atoms with Crippen molar-refractivity contribution < 1.29 is 9.59 Å². The molecule has 1 atom stereocenters. The van der Waals surface area contributed by atoms with Gasteiger partial charge in [-0.3, -0.25) is 9.59 Å². The van der Waals surface area contributed by atoms with Gasteiger partial charge in [0.15, 0.2) is 0 Å². The van der Waals surface area contributed by atoms with E-state index < -0.39 is 0 Å². The molecule has 2 N–H and O–H groups in total. The van der Waals surface area contributed by atoms with Crippen molar-refractivity contribution in [2.45, 2.75) is 47.0 Å². The molecule has 5 heteroatoms. The molecule has 4 aromatic rings. The maximum absolute atomic E-state index is 13.8. The van der Waals surface area contributed by atoms with Crippen LogP contribution < -0.4 is 10.6 Å². The summed E-state index contributed by atoms with van der Waals surface area (Å²) in [5.41, 5.74) is 4.27. The second-order valence-electron chi connectivity index (χ2n) is 10.8. The standard InChI is InChI=1S/C31H32N2O2S/c1-19-9-7-12-21(17-19)28(34)33-30-27(24-16-15-22(31(2,3)4)18-26(24)36-30)29(35)32-25-14-8-11-20-10-5-6-13-23(20)25/h5-14,17,22H,15-16,18H2,1-4H3,(H,32,35)(H,33,34). The monoisotopic (exact) mass is 496 g/mol. The number of carbonyl (C=O) groups excluding carboxylic acids is 2. The zero-order valence-corrected chi connectivity index (χ0v) is 22.1. The van der Waals surface area contributed by atoms with E-state index in [0.29, 0.717) is 22.0 Å². The van der Waals surface area contributed by atoms with Gasteiger partial charge in [-0.15, -0.1) is 11.3 Å². The van der Waals surface area contributed by atoms with Gasteiger partial charge in [0.1, 0.15) is 5.00 Å². The van der Waals surface area contributed by atoms with E-state index in [-0.39, 0.29) is 17.2 Å². The summed E-state index contributed by atoms with van der Waals surface area (Å²) in [6, 6.07) is 21.5. The van der Waals surface area contributed by atoms with E-state index in [9.17, 15) is 9.59 Å². The Kier molecular flexibility index (Phi) is 6.44. The molecule has 184 valence electrons. The molecule has 1 aliphatic rings. The Morgan fingerprint density at radius 2 is 1.67 bits per heavy atom. The molecule has 0 fully saturated rings. The lowest BCUT2D eigenvalue weighted by Gasteiger charge is -2.33. The molecule has 0 saturated heterocycles. The minimum Gasteiger partial charge on any atom is -0.321 e. The van der Waals surface area contributed by atoms with Gasteiger partial charge in [-0.25, -0.2) is 0 Å². The van der Waals surface area contributed by atoms with Crippen LogP contribution in [0.1, 0.15) is 63.9 Å². The zero-order valence-electron chi connectivity index (χ0n) is 21.3. The van der Waals surface area contributed by atoms with E-state index in [2.05, 4.69) is 31.4 Å². The lowest BCUT2D eigenvalue weighted by molar-refractivity contribution is 0.102. The minimum absolute atomic E-state index is 0.169. The number of nitrogens with one attached hydrogen (secondary N) is 2. The van der Waals surface area contributed by atoms with Crippen molar-refractivity contribution in [3.8, 4) is 0 Å². The fourth-order valence-corrected chi connectivity index (χ4v) is 6.45. The number of fused-ring (bicyclic) bond motifs is 2. The molecule has 0 spiro atoms. The molecule has 1 aromatic heterocycles. The van der Waals surface area contributed by atoms with E-state index in [0.717, 1.165) is 46.8 Å². The van der Waals surface area contributed by atoms with Crippen LogP contribution in [0.3, 0.4) is 0 Å². The SMILES string of the molecule is Cc1cccc(C(=O)Nc2sc3c(c2C(=O)Nc2cccc4ccccc24)CCC(C(C)(C)C)C3)c1. The van der Waals surface area contributed by atoms with Crippen LogP contribution in [0.2, 0.25) is 0 Å². The molecule has 1 heterocycles. The van der Waals surface area contributed by atoms with Gasteiger partial charge in [-0.2, -0.15) is 0 Å². The van der Waals surface area contributed by atoms with Crippen molar-refractivity contribution in [3.05, 3.63) is 93.9 Å². The van der Waals surface area contributed by atoms with Gasteiger partial charge in [-0.05, 0) is 66.7 Å². The van der Waals surface area contributed by atoms with Gasteiger partial charge in [0.25, 0.3) is 11.8 Å². The third kappa shape index (κ3) is 4.80. The van der Waals surface area contributed by atoms with Crippen LogP contribution in [-0.2, 0) is 12.8 Å². The number of rotatable bonds is 4. The number of amides is 2. The van der Waals surface area contributed by atoms with Crippen molar-refractivity contribution in [3.63, 3.8) is 0 Å². The Hall–Kier alpha value is -3.44. The van der Waals surface area contributed by atoms with Crippen LogP contribution in [0.5, 0.6) is 0 Å². The summed E-state index contributed by atoms with van der Waals surface area (Å²) in [6.07, 6.45) is 2.80. The molecular formula is C31H32N2O2S. The second-order valence-corrected chi connectivity index (χ2v) is 11.9. The second kappa shape index (κ2) is 9.55.